The zero-order chi connectivity index (χ0) is 11.6. The Morgan fingerprint density at radius 1 is 1.40 bits per heavy atom. The summed E-state index contributed by atoms with van der Waals surface area (Å²) < 4.78 is 0. The Bertz CT molecular complexity index is 232. The Kier molecular flexibility index (Phi) is 4.24. The topological polar surface area (TPSA) is 37.3 Å². The number of aliphatic hydroxyl groups is 1. The van der Waals surface area contributed by atoms with Gasteiger partial charge in [-0.25, -0.2) is 0 Å². The standard InChI is InChI=1S/C12H22O2S/c1-8-5-6-10(12(2,3)14)9(7-8)11(13)15-4/h8-10,14H,5-7H2,1-4H3/t8-,9?,10?/m1/s1. The number of hydrogen-bond donors (Lipinski definition) is 1. The lowest BCUT2D eigenvalue weighted by Gasteiger charge is -2.40. The molecule has 1 rings (SSSR count). The molecule has 1 aliphatic rings. The maximum absolute atomic E-state index is 11.8. The van der Waals surface area contributed by atoms with E-state index in [0.29, 0.717) is 5.92 Å². The predicted octanol–water partition coefficient (Wildman–Crippen LogP) is 2.70. The van der Waals surface area contributed by atoms with Gasteiger partial charge in [-0.05, 0) is 44.8 Å². The molecule has 2 unspecified atom stereocenters. The van der Waals surface area contributed by atoms with Gasteiger partial charge in [0.25, 0.3) is 0 Å². The molecular weight excluding hydrogens is 208 g/mol. The van der Waals surface area contributed by atoms with Gasteiger partial charge in [-0.1, -0.05) is 25.1 Å². The largest absolute Gasteiger partial charge is 0.390 e. The number of hydrogen-bond acceptors (Lipinski definition) is 3. The molecule has 0 saturated heterocycles. The molecule has 0 aromatic carbocycles. The first-order chi connectivity index (χ1) is 6.86. The Balaban J connectivity index is 2.80. The molecule has 1 fully saturated rings. The van der Waals surface area contributed by atoms with E-state index in [4.69, 9.17) is 0 Å². The fraction of sp³-hybridized carbons (Fsp3) is 0.917. The molecule has 1 N–H and O–H groups in total. The minimum atomic E-state index is -0.726. The predicted molar refractivity (Wildman–Crippen MR) is 64.8 cm³/mol. The van der Waals surface area contributed by atoms with Crippen molar-refractivity contribution in [3.05, 3.63) is 0 Å². The van der Waals surface area contributed by atoms with Crippen LogP contribution in [-0.4, -0.2) is 22.1 Å². The van der Waals surface area contributed by atoms with Crippen LogP contribution in [0.15, 0.2) is 0 Å². The van der Waals surface area contributed by atoms with Crippen molar-refractivity contribution >= 4 is 16.9 Å². The van der Waals surface area contributed by atoms with Gasteiger partial charge >= 0.3 is 0 Å². The van der Waals surface area contributed by atoms with Crippen LogP contribution in [-0.2, 0) is 4.79 Å². The van der Waals surface area contributed by atoms with Gasteiger partial charge in [0, 0.05) is 5.92 Å². The van der Waals surface area contributed by atoms with Gasteiger partial charge in [-0.3, -0.25) is 4.79 Å². The molecule has 0 heterocycles. The van der Waals surface area contributed by atoms with Crippen molar-refractivity contribution < 1.29 is 9.90 Å². The lowest BCUT2D eigenvalue weighted by molar-refractivity contribution is -0.123. The monoisotopic (exact) mass is 230 g/mol. The van der Waals surface area contributed by atoms with E-state index in [1.165, 1.54) is 11.8 Å². The summed E-state index contributed by atoms with van der Waals surface area (Å²) in [7, 11) is 0. The van der Waals surface area contributed by atoms with E-state index in [2.05, 4.69) is 6.92 Å². The molecule has 0 aromatic heterocycles. The molecule has 0 spiro atoms. The smallest absolute Gasteiger partial charge is 0.192 e. The van der Waals surface area contributed by atoms with E-state index < -0.39 is 5.60 Å². The zero-order valence-corrected chi connectivity index (χ0v) is 10.9. The molecule has 1 saturated carbocycles. The summed E-state index contributed by atoms with van der Waals surface area (Å²) in [5, 5.41) is 10.3. The van der Waals surface area contributed by atoms with E-state index in [1.807, 2.05) is 20.1 Å². The van der Waals surface area contributed by atoms with Crippen LogP contribution < -0.4 is 0 Å². The Morgan fingerprint density at radius 3 is 2.47 bits per heavy atom. The van der Waals surface area contributed by atoms with Crippen LogP contribution in [0.5, 0.6) is 0 Å². The highest BCUT2D eigenvalue weighted by molar-refractivity contribution is 8.13. The molecule has 1 aliphatic carbocycles. The van der Waals surface area contributed by atoms with Crippen LogP contribution in [0.2, 0.25) is 0 Å². The summed E-state index contributed by atoms with van der Waals surface area (Å²) >= 11 is 1.30. The van der Waals surface area contributed by atoms with Crippen molar-refractivity contribution in [3.63, 3.8) is 0 Å². The van der Waals surface area contributed by atoms with Gasteiger partial charge in [0.1, 0.15) is 0 Å². The van der Waals surface area contributed by atoms with Crippen LogP contribution in [0, 0.1) is 17.8 Å². The van der Waals surface area contributed by atoms with Crippen molar-refractivity contribution in [3.8, 4) is 0 Å². The average molecular weight is 230 g/mol. The molecule has 3 atom stereocenters. The second-order valence-electron chi connectivity index (χ2n) is 5.31. The molecule has 0 radical (unpaired) electrons. The van der Waals surface area contributed by atoms with Gasteiger partial charge in [-0.15, -0.1) is 0 Å². The lowest BCUT2D eigenvalue weighted by atomic mass is 9.69. The molecule has 0 aromatic rings. The normalized spacial score (nSPS) is 32.7. The quantitative estimate of drug-likeness (QED) is 0.792. The van der Waals surface area contributed by atoms with E-state index >= 15 is 0 Å². The first-order valence-corrected chi connectivity index (χ1v) is 6.89. The summed E-state index contributed by atoms with van der Waals surface area (Å²) in [6.45, 7) is 5.85. The Hall–Kier alpha value is -0.0200. The van der Waals surface area contributed by atoms with Crippen molar-refractivity contribution in [1.82, 2.24) is 0 Å². The average Bonchev–Trinajstić information content (AvgIpc) is 2.14. The highest BCUT2D eigenvalue weighted by atomic mass is 32.2. The van der Waals surface area contributed by atoms with Crippen LogP contribution in [0.3, 0.4) is 0 Å². The Labute approximate surface area is 96.8 Å². The molecule has 0 aliphatic heterocycles. The highest BCUT2D eigenvalue weighted by Gasteiger charge is 2.40. The van der Waals surface area contributed by atoms with Gasteiger partial charge in [0.15, 0.2) is 5.12 Å². The third-order valence-corrected chi connectivity index (χ3v) is 4.23. The number of rotatable bonds is 2. The van der Waals surface area contributed by atoms with Crippen molar-refractivity contribution in [1.29, 1.82) is 0 Å². The van der Waals surface area contributed by atoms with Crippen molar-refractivity contribution in [2.45, 2.75) is 45.6 Å². The first kappa shape index (κ1) is 13.0. The SMILES string of the molecule is CSC(=O)C1C[C@H](C)CCC1C(C)(C)O. The van der Waals surface area contributed by atoms with E-state index in [-0.39, 0.29) is 17.0 Å². The van der Waals surface area contributed by atoms with Crippen molar-refractivity contribution in [2.75, 3.05) is 6.26 Å². The summed E-state index contributed by atoms with van der Waals surface area (Å²) in [6, 6.07) is 0. The van der Waals surface area contributed by atoms with E-state index in [9.17, 15) is 9.90 Å². The molecule has 0 bridgehead atoms. The summed E-state index contributed by atoms with van der Waals surface area (Å²) in [5.74, 6) is 0.794. The summed E-state index contributed by atoms with van der Waals surface area (Å²) in [5.41, 5.74) is -0.726. The van der Waals surface area contributed by atoms with Crippen LogP contribution in [0.25, 0.3) is 0 Å². The molecule has 0 amide bonds. The van der Waals surface area contributed by atoms with Gasteiger partial charge in [-0.2, -0.15) is 0 Å². The fourth-order valence-electron chi connectivity index (χ4n) is 2.64. The first-order valence-electron chi connectivity index (χ1n) is 5.66. The summed E-state index contributed by atoms with van der Waals surface area (Å²) in [6.07, 6.45) is 4.88. The van der Waals surface area contributed by atoms with Gasteiger partial charge in [0.2, 0.25) is 0 Å². The molecular formula is C12H22O2S. The fourth-order valence-corrected chi connectivity index (χ4v) is 3.20. The summed E-state index contributed by atoms with van der Waals surface area (Å²) in [4.78, 5) is 11.8. The van der Waals surface area contributed by atoms with Crippen LogP contribution in [0.1, 0.15) is 40.0 Å². The third kappa shape index (κ3) is 3.22. The minimum absolute atomic E-state index is 0.0451. The van der Waals surface area contributed by atoms with Crippen molar-refractivity contribution in [2.24, 2.45) is 17.8 Å². The zero-order valence-electron chi connectivity index (χ0n) is 10.1. The lowest BCUT2D eigenvalue weighted by Crippen LogP contribution is -2.42. The number of thioether (sulfide) groups is 1. The van der Waals surface area contributed by atoms with Gasteiger partial charge < -0.3 is 5.11 Å². The van der Waals surface area contributed by atoms with E-state index in [0.717, 1.165) is 19.3 Å². The third-order valence-electron chi connectivity index (χ3n) is 3.52. The van der Waals surface area contributed by atoms with Gasteiger partial charge in [0.05, 0.1) is 5.60 Å². The second kappa shape index (κ2) is 4.88. The van der Waals surface area contributed by atoms with E-state index in [1.54, 1.807) is 0 Å². The molecule has 88 valence electrons. The van der Waals surface area contributed by atoms with Crippen LogP contribution >= 0.6 is 11.8 Å². The second-order valence-corrected chi connectivity index (χ2v) is 6.12. The maximum atomic E-state index is 11.8. The molecule has 15 heavy (non-hydrogen) atoms. The van der Waals surface area contributed by atoms with Crippen LogP contribution in [0.4, 0.5) is 0 Å². The number of carbonyl (C=O) groups is 1. The Morgan fingerprint density at radius 2 is 2.00 bits per heavy atom. The number of carbonyl (C=O) groups excluding carboxylic acids is 1. The highest BCUT2D eigenvalue weighted by Crippen LogP contribution is 2.41. The molecule has 2 nitrogen and oxygen atoms in total. The minimum Gasteiger partial charge on any atom is -0.390 e. The maximum Gasteiger partial charge on any atom is 0.192 e. The molecule has 3 heteroatoms.